The number of carbonyl (C=O) groups excluding carboxylic acids is 2. The van der Waals surface area contributed by atoms with Crippen molar-refractivity contribution in [1.29, 1.82) is 0 Å². The summed E-state index contributed by atoms with van der Waals surface area (Å²) >= 11 is 1.47. The summed E-state index contributed by atoms with van der Waals surface area (Å²) in [7, 11) is 0. The highest BCUT2D eigenvalue weighted by Gasteiger charge is 2.46. The van der Waals surface area contributed by atoms with Gasteiger partial charge in [-0.25, -0.2) is 0 Å². The van der Waals surface area contributed by atoms with Crippen LogP contribution in [0.2, 0.25) is 0 Å². The van der Waals surface area contributed by atoms with Crippen LogP contribution in [0.5, 0.6) is 0 Å². The Morgan fingerprint density at radius 1 is 1.24 bits per heavy atom. The van der Waals surface area contributed by atoms with Crippen LogP contribution < -0.4 is 9.88 Å². The molecule has 6 heteroatoms. The molecule has 0 bridgehead atoms. The van der Waals surface area contributed by atoms with Crippen molar-refractivity contribution in [3.8, 4) is 0 Å². The third-order valence-electron chi connectivity index (χ3n) is 3.46. The van der Waals surface area contributed by atoms with E-state index in [1.165, 1.54) is 11.3 Å². The van der Waals surface area contributed by atoms with Gasteiger partial charge in [-0.2, -0.15) is 15.9 Å². The highest BCUT2D eigenvalue weighted by atomic mass is 32.1. The summed E-state index contributed by atoms with van der Waals surface area (Å²) < 4.78 is 1.72. The number of amides is 2. The number of piperidine rings is 1. The van der Waals surface area contributed by atoms with Gasteiger partial charge in [0.15, 0.2) is 12.4 Å². The van der Waals surface area contributed by atoms with Crippen LogP contribution in [-0.4, -0.2) is 17.7 Å². The minimum atomic E-state index is -0.645. The van der Waals surface area contributed by atoms with Crippen molar-refractivity contribution in [3.63, 3.8) is 0 Å². The van der Waals surface area contributed by atoms with Crippen molar-refractivity contribution in [2.75, 3.05) is 0 Å². The van der Waals surface area contributed by atoms with E-state index in [0.29, 0.717) is 0 Å². The molecule has 0 unspecified atom stereocenters. The van der Waals surface area contributed by atoms with E-state index in [1.807, 2.05) is 28.8 Å². The van der Waals surface area contributed by atoms with Crippen molar-refractivity contribution in [2.45, 2.75) is 12.0 Å². The zero-order valence-corrected chi connectivity index (χ0v) is 11.7. The molecule has 2 amide bonds. The van der Waals surface area contributed by atoms with Crippen LogP contribution in [-0.2, 0) is 9.59 Å². The summed E-state index contributed by atoms with van der Waals surface area (Å²) in [5, 5.41) is 15.3. The lowest BCUT2D eigenvalue weighted by atomic mass is 9.83. The monoisotopic (exact) mass is 297 g/mol. The molecule has 3 heterocycles. The van der Waals surface area contributed by atoms with Gasteiger partial charge in [-0.05, 0) is 22.4 Å². The molecule has 0 saturated carbocycles. The fraction of sp³-hybridized carbons (Fsp3) is 0.133. The van der Waals surface area contributed by atoms with Crippen LogP contribution in [0.1, 0.15) is 17.5 Å². The first kappa shape index (κ1) is 13.4. The van der Waals surface area contributed by atoms with Gasteiger partial charge in [0, 0.05) is 12.1 Å². The van der Waals surface area contributed by atoms with E-state index in [-0.39, 0.29) is 5.57 Å². The van der Waals surface area contributed by atoms with Gasteiger partial charge < -0.3 is 5.41 Å². The molecule has 5 nitrogen and oxygen atoms in total. The molecule has 104 valence electrons. The highest BCUT2D eigenvalue weighted by molar-refractivity contribution is 7.08. The topological polar surface area (TPSA) is 72.3 Å². The molecule has 21 heavy (non-hydrogen) atoms. The Kier molecular flexibility index (Phi) is 3.48. The van der Waals surface area contributed by atoms with E-state index < -0.39 is 23.8 Å². The number of rotatable bonds is 2. The maximum Gasteiger partial charge on any atom is 0.296 e. The average Bonchev–Trinajstić information content (AvgIpc) is 3.01. The molecule has 0 spiro atoms. The third-order valence-corrected chi connectivity index (χ3v) is 4.16. The van der Waals surface area contributed by atoms with Gasteiger partial charge in [0.25, 0.3) is 11.8 Å². The zero-order valence-electron chi connectivity index (χ0n) is 10.9. The molecule has 1 aliphatic rings. The highest BCUT2D eigenvalue weighted by Crippen LogP contribution is 2.35. The molecule has 0 aromatic carbocycles. The number of hydrogen-bond acceptors (Lipinski definition) is 3. The standard InChI is InChI=1S/C15H11N3O2S/c16-8-11-12(10-4-7-21-9-10)13(15(20)17-14(11)19)18-5-2-1-3-6-18/h1-7,9,12-13H,(H,17,19,20)/t12-,13+/m0/s1. The van der Waals surface area contributed by atoms with Crippen molar-refractivity contribution < 1.29 is 14.2 Å². The largest absolute Gasteiger partial charge is 0.763 e. The second-order valence-electron chi connectivity index (χ2n) is 4.65. The van der Waals surface area contributed by atoms with Crippen molar-refractivity contribution in [1.82, 2.24) is 5.32 Å². The summed E-state index contributed by atoms with van der Waals surface area (Å²) in [5.74, 6) is 0.394. The minimum Gasteiger partial charge on any atom is -0.763 e. The van der Waals surface area contributed by atoms with Gasteiger partial charge in [-0.1, -0.05) is 6.07 Å². The Bertz CT molecular complexity index is 734. The van der Waals surface area contributed by atoms with Crippen LogP contribution in [0.4, 0.5) is 0 Å². The van der Waals surface area contributed by atoms with Crippen molar-refractivity contribution >= 4 is 29.0 Å². The zero-order chi connectivity index (χ0) is 14.8. The van der Waals surface area contributed by atoms with E-state index >= 15 is 0 Å². The summed E-state index contributed by atoms with van der Waals surface area (Å²) in [5.41, 5.74) is 0.871. The Balaban J connectivity index is 2.17. The molecule has 1 saturated heterocycles. The Morgan fingerprint density at radius 3 is 2.62 bits per heavy atom. The fourth-order valence-electron chi connectivity index (χ4n) is 2.53. The molecule has 2 aromatic heterocycles. The van der Waals surface area contributed by atoms with E-state index in [0.717, 1.165) is 5.56 Å². The molecule has 0 aliphatic carbocycles. The van der Waals surface area contributed by atoms with Crippen LogP contribution in [0.15, 0.2) is 53.0 Å². The first-order chi connectivity index (χ1) is 10.2. The first-order valence-electron chi connectivity index (χ1n) is 6.32. The second kappa shape index (κ2) is 5.44. The SMILES string of the molecule is [N-]=C=C1C(=O)NC(=O)[C@H]([n+]2ccccc2)[C@H]1c1ccsc1. The number of nitrogens with zero attached hydrogens (tertiary/aromatic N) is 2. The number of aromatic nitrogens is 1. The van der Waals surface area contributed by atoms with E-state index in [1.54, 1.807) is 29.1 Å². The second-order valence-corrected chi connectivity index (χ2v) is 5.43. The predicted molar refractivity (Wildman–Crippen MR) is 77.8 cm³/mol. The summed E-state index contributed by atoms with van der Waals surface area (Å²) in [6.07, 6.45) is 3.52. The average molecular weight is 297 g/mol. The third kappa shape index (κ3) is 2.31. The number of nitrogens with one attached hydrogen (secondary N) is 1. The van der Waals surface area contributed by atoms with Crippen LogP contribution in [0.25, 0.3) is 5.41 Å². The van der Waals surface area contributed by atoms with E-state index in [4.69, 9.17) is 0 Å². The van der Waals surface area contributed by atoms with Crippen LogP contribution in [0, 0.1) is 0 Å². The first-order valence-corrected chi connectivity index (χ1v) is 7.26. The molecule has 1 aliphatic heterocycles. The molecule has 2 aromatic rings. The Hall–Kier alpha value is -2.56. The summed E-state index contributed by atoms with van der Waals surface area (Å²) in [6, 6.07) is 6.65. The van der Waals surface area contributed by atoms with Gasteiger partial charge in [0.05, 0.1) is 11.5 Å². The lowest BCUT2D eigenvalue weighted by Crippen LogP contribution is -2.57. The number of carbonyl (C=O) groups is 2. The maximum atomic E-state index is 12.3. The lowest BCUT2D eigenvalue weighted by Gasteiger charge is -2.27. The minimum absolute atomic E-state index is 0.0642. The Morgan fingerprint density at radius 2 is 2.00 bits per heavy atom. The fourth-order valence-corrected chi connectivity index (χ4v) is 3.23. The molecule has 1 fully saturated rings. The quantitative estimate of drug-likeness (QED) is 0.391. The molecule has 1 N–H and O–H groups in total. The molecule has 2 atom stereocenters. The van der Waals surface area contributed by atoms with Crippen LogP contribution >= 0.6 is 11.3 Å². The number of imide groups is 1. The summed E-state index contributed by atoms with van der Waals surface area (Å²) in [4.78, 5) is 24.2. The molecular weight excluding hydrogens is 286 g/mol. The van der Waals surface area contributed by atoms with Gasteiger partial charge in [-0.3, -0.25) is 20.8 Å². The predicted octanol–water partition coefficient (Wildman–Crippen LogP) is 1.18. The number of pyridine rings is 1. The van der Waals surface area contributed by atoms with E-state index in [9.17, 15) is 15.0 Å². The number of hydrogen-bond donors (Lipinski definition) is 1. The van der Waals surface area contributed by atoms with Crippen molar-refractivity contribution in [3.05, 3.63) is 64.0 Å². The molecule has 3 rings (SSSR count). The van der Waals surface area contributed by atoms with Crippen LogP contribution in [0.3, 0.4) is 0 Å². The molecular formula is C15H11N3O2S. The maximum absolute atomic E-state index is 12.3. The Labute approximate surface area is 125 Å². The van der Waals surface area contributed by atoms with Gasteiger partial charge in [0.2, 0.25) is 6.04 Å². The van der Waals surface area contributed by atoms with Gasteiger partial charge in [0.1, 0.15) is 0 Å². The lowest BCUT2D eigenvalue weighted by molar-refractivity contribution is -0.711. The van der Waals surface area contributed by atoms with Crippen molar-refractivity contribution in [2.24, 2.45) is 0 Å². The molecule has 0 radical (unpaired) electrons. The normalized spacial score (nSPS) is 21.8. The van der Waals surface area contributed by atoms with Gasteiger partial charge in [-0.15, -0.1) is 0 Å². The summed E-state index contributed by atoms with van der Waals surface area (Å²) in [6.45, 7) is 0. The smallest absolute Gasteiger partial charge is 0.296 e. The van der Waals surface area contributed by atoms with Gasteiger partial charge >= 0.3 is 0 Å². The van der Waals surface area contributed by atoms with E-state index in [2.05, 4.69) is 5.32 Å². The number of thiophene rings is 1.